The molecule has 3 saturated heterocycles. The molecule has 1 saturated carbocycles. The Morgan fingerprint density at radius 3 is 2.83 bits per heavy atom. The van der Waals surface area contributed by atoms with Crippen molar-refractivity contribution in [1.82, 2.24) is 24.6 Å². The molecule has 4 heterocycles. The van der Waals surface area contributed by atoms with Crippen LogP contribution >= 0.6 is 11.8 Å². The van der Waals surface area contributed by atoms with Gasteiger partial charge in [-0.25, -0.2) is 0 Å². The van der Waals surface area contributed by atoms with E-state index in [9.17, 15) is 4.79 Å². The number of piperidine rings is 1. The molecule has 4 aliphatic rings. The first-order valence-corrected chi connectivity index (χ1v) is 10.2. The highest BCUT2D eigenvalue weighted by Crippen LogP contribution is 2.33. The Kier molecular flexibility index (Phi) is 4.81. The van der Waals surface area contributed by atoms with Crippen LogP contribution in [0.3, 0.4) is 0 Å². The van der Waals surface area contributed by atoms with Crippen molar-refractivity contribution in [2.24, 2.45) is 18.9 Å². The van der Waals surface area contributed by atoms with Gasteiger partial charge in [0.2, 0.25) is 5.91 Å². The lowest BCUT2D eigenvalue weighted by atomic mass is 9.83. The number of carbonyl (C=O) groups excluding carboxylic acids is 1. The molecule has 1 aromatic heterocycles. The predicted octanol–water partition coefficient (Wildman–Crippen LogP) is 1.63. The number of carbonyl (C=O) groups is 1. The van der Waals surface area contributed by atoms with Crippen LogP contribution in [0, 0.1) is 11.8 Å². The van der Waals surface area contributed by atoms with Gasteiger partial charge in [0.25, 0.3) is 0 Å². The van der Waals surface area contributed by atoms with Crippen molar-refractivity contribution < 1.29 is 4.79 Å². The molecule has 1 aliphatic carbocycles. The molecule has 4 fully saturated rings. The monoisotopic (exact) mass is 349 g/mol. The molecule has 1 aromatic rings. The molecule has 24 heavy (non-hydrogen) atoms. The quantitative estimate of drug-likeness (QED) is 0.756. The fraction of sp³-hybridized carbons (Fsp3) is 0.824. The van der Waals surface area contributed by atoms with Gasteiger partial charge in [-0.2, -0.15) is 0 Å². The largest absolute Gasteiger partial charge is 0.340 e. The normalized spacial score (nSPS) is 28.0. The van der Waals surface area contributed by atoms with Gasteiger partial charge < -0.3 is 9.47 Å². The number of aryl methyl sites for hydroxylation is 1. The third kappa shape index (κ3) is 3.47. The Bertz CT molecular complexity index is 587. The van der Waals surface area contributed by atoms with Crippen LogP contribution in [0.25, 0.3) is 0 Å². The van der Waals surface area contributed by atoms with Crippen LogP contribution in [-0.2, 0) is 11.8 Å². The van der Waals surface area contributed by atoms with E-state index >= 15 is 0 Å². The Hall–Kier alpha value is -1.08. The average Bonchev–Trinajstić information content (AvgIpc) is 2.75. The molecule has 3 aliphatic heterocycles. The minimum Gasteiger partial charge on any atom is -0.340 e. The van der Waals surface area contributed by atoms with Gasteiger partial charge in [-0.15, -0.1) is 10.2 Å². The fourth-order valence-electron chi connectivity index (χ4n) is 4.23. The smallest absolute Gasteiger partial charge is 0.233 e. The molecule has 5 rings (SSSR count). The topological polar surface area (TPSA) is 54.3 Å². The highest BCUT2D eigenvalue weighted by Gasteiger charge is 2.37. The zero-order valence-electron chi connectivity index (χ0n) is 14.4. The molecule has 0 spiro atoms. The van der Waals surface area contributed by atoms with Crippen LogP contribution in [-0.4, -0.2) is 68.4 Å². The summed E-state index contributed by atoms with van der Waals surface area (Å²) in [6.07, 6.45) is 8.45. The molecular weight excluding hydrogens is 322 g/mol. The average molecular weight is 350 g/mol. The van der Waals surface area contributed by atoms with E-state index < -0.39 is 0 Å². The highest BCUT2D eigenvalue weighted by molar-refractivity contribution is 7.99. The maximum Gasteiger partial charge on any atom is 0.233 e. The molecule has 0 N–H and O–H groups in total. The molecule has 6 nitrogen and oxygen atoms in total. The molecule has 132 valence electrons. The van der Waals surface area contributed by atoms with Crippen molar-refractivity contribution in [2.75, 3.05) is 31.9 Å². The molecule has 2 atom stereocenters. The number of rotatable bonds is 5. The number of amides is 1. The fourth-order valence-corrected chi connectivity index (χ4v) is 5.02. The second-order valence-electron chi connectivity index (χ2n) is 7.66. The summed E-state index contributed by atoms with van der Waals surface area (Å²) in [5, 5.41) is 8.74. The first-order chi connectivity index (χ1) is 11.7. The van der Waals surface area contributed by atoms with Crippen LogP contribution in [0.4, 0.5) is 0 Å². The summed E-state index contributed by atoms with van der Waals surface area (Å²) in [7, 11) is 1.91. The number of thioether (sulfide) groups is 1. The van der Waals surface area contributed by atoms with E-state index in [1.165, 1.54) is 57.0 Å². The van der Waals surface area contributed by atoms with Gasteiger partial charge >= 0.3 is 0 Å². The van der Waals surface area contributed by atoms with Gasteiger partial charge in [-0.3, -0.25) is 9.69 Å². The van der Waals surface area contributed by atoms with E-state index in [0.29, 0.717) is 17.7 Å². The van der Waals surface area contributed by atoms with Gasteiger partial charge in [-0.1, -0.05) is 18.2 Å². The zero-order valence-corrected chi connectivity index (χ0v) is 15.2. The number of fused-ring (bicyclic) bond motifs is 4. The Morgan fingerprint density at radius 2 is 2.12 bits per heavy atom. The lowest BCUT2D eigenvalue weighted by Gasteiger charge is -2.40. The predicted molar refractivity (Wildman–Crippen MR) is 93.7 cm³/mol. The van der Waals surface area contributed by atoms with Crippen molar-refractivity contribution in [2.45, 2.75) is 43.3 Å². The summed E-state index contributed by atoms with van der Waals surface area (Å²) < 4.78 is 1.87. The molecule has 0 unspecified atom stereocenters. The first kappa shape index (κ1) is 16.4. The number of aromatic nitrogens is 3. The van der Waals surface area contributed by atoms with Crippen molar-refractivity contribution in [3.63, 3.8) is 0 Å². The minimum atomic E-state index is 0.255. The van der Waals surface area contributed by atoms with Crippen molar-refractivity contribution in [3.8, 4) is 0 Å². The van der Waals surface area contributed by atoms with Crippen LogP contribution in [0.15, 0.2) is 11.5 Å². The van der Waals surface area contributed by atoms with Gasteiger partial charge in [0.15, 0.2) is 5.16 Å². The molecule has 1 amide bonds. The Balaban J connectivity index is 1.34. The standard InChI is InChI=1S/C17H27N5OS/c1-20-12-18-19-17(20)24-11-16(23)22-9-14-5-6-15(10-22)21(8-14)7-13-3-2-4-13/h12-15H,2-11H2,1H3/t14-,15-/m0/s1. The van der Waals surface area contributed by atoms with E-state index in [-0.39, 0.29) is 5.91 Å². The number of nitrogens with zero attached hydrogens (tertiary/aromatic N) is 5. The third-order valence-electron chi connectivity index (χ3n) is 5.89. The van der Waals surface area contributed by atoms with E-state index in [1.807, 2.05) is 11.6 Å². The lowest BCUT2D eigenvalue weighted by molar-refractivity contribution is -0.128. The third-order valence-corrected chi connectivity index (χ3v) is 6.91. The molecular formula is C17H27N5OS. The first-order valence-electron chi connectivity index (χ1n) is 9.17. The maximum absolute atomic E-state index is 12.7. The van der Waals surface area contributed by atoms with Crippen molar-refractivity contribution >= 4 is 17.7 Å². The van der Waals surface area contributed by atoms with Crippen LogP contribution in [0.2, 0.25) is 0 Å². The zero-order chi connectivity index (χ0) is 16.5. The van der Waals surface area contributed by atoms with Gasteiger partial charge in [0.05, 0.1) is 5.75 Å². The Labute approximate surface area is 148 Å². The molecule has 2 bridgehead atoms. The van der Waals surface area contributed by atoms with Gasteiger partial charge in [0, 0.05) is 39.3 Å². The van der Waals surface area contributed by atoms with Crippen molar-refractivity contribution in [1.29, 1.82) is 0 Å². The number of hydrogen-bond donors (Lipinski definition) is 0. The van der Waals surface area contributed by atoms with Crippen LogP contribution < -0.4 is 0 Å². The Morgan fingerprint density at radius 1 is 1.25 bits per heavy atom. The summed E-state index contributed by atoms with van der Waals surface area (Å²) in [4.78, 5) is 17.5. The van der Waals surface area contributed by atoms with E-state index in [1.54, 1.807) is 6.33 Å². The molecule has 7 heteroatoms. The summed E-state index contributed by atoms with van der Waals surface area (Å²) >= 11 is 1.49. The second kappa shape index (κ2) is 7.04. The van der Waals surface area contributed by atoms with Crippen molar-refractivity contribution in [3.05, 3.63) is 6.33 Å². The van der Waals surface area contributed by atoms with Gasteiger partial charge in [-0.05, 0) is 37.5 Å². The van der Waals surface area contributed by atoms with Gasteiger partial charge in [0.1, 0.15) is 6.33 Å². The summed E-state index contributed by atoms with van der Waals surface area (Å²) in [6, 6.07) is 0.577. The van der Waals surface area contributed by atoms with Crippen LogP contribution in [0.1, 0.15) is 32.1 Å². The lowest BCUT2D eigenvalue weighted by Crippen LogP contribution is -2.47. The summed E-state index contributed by atoms with van der Waals surface area (Å²) in [5.74, 6) is 2.30. The molecule has 0 radical (unpaired) electrons. The summed E-state index contributed by atoms with van der Waals surface area (Å²) in [6.45, 7) is 4.32. The molecule has 0 aromatic carbocycles. The second-order valence-corrected chi connectivity index (χ2v) is 8.60. The van der Waals surface area contributed by atoms with E-state index in [0.717, 1.165) is 24.2 Å². The van der Waals surface area contributed by atoms with Crippen LogP contribution in [0.5, 0.6) is 0 Å². The minimum absolute atomic E-state index is 0.255. The maximum atomic E-state index is 12.7. The SMILES string of the molecule is Cn1cnnc1SCC(=O)N1C[C@H]2CC[C@@H](C1)N(CC1CCC1)C2. The highest BCUT2D eigenvalue weighted by atomic mass is 32.2. The van der Waals surface area contributed by atoms with E-state index in [4.69, 9.17) is 0 Å². The van der Waals surface area contributed by atoms with E-state index in [2.05, 4.69) is 20.0 Å². The summed E-state index contributed by atoms with van der Waals surface area (Å²) in [5.41, 5.74) is 0. The number of hydrogen-bond acceptors (Lipinski definition) is 5.